The summed E-state index contributed by atoms with van der Waals surface area (Å²) < 4.78 is 39.2. The van der Waals surface area contributed by atoms with E-state index in [9.17, 15) is 13.6 Å². The molecule has 0 aliphatic heterocycles. The number of thiazole rings is 1. The Hall–Kier alpha value is -3.38. The Morgan fingerprint density at radius 3 is 2.82 bits per heavy atom. The number of nitrogens with one attached hydrogen (secondary N) is 1. The number of methoxy groups -OCH3 is 1. The van der Waals surface area contributed by atoms with E-state index in [0.29, 0.717) is 27.7 Å². The van der Waals surface area contributed by atoms with Gasteiger partial charge in [-0.1, -0.05) is 16.8 Å². The number of rotatable bonds is 7. The highest BCUT2D eigenvalue weighted by Crippen LogP contribution is 2.39. The van der Waals surface area contributed by atoms with E-state index in [1.165, 1.54) is 18.4 Å². The van der Waals surface area contributed by atoms with E-state index in [-0.39, 0.29) is 23.8 Å². The molecule has 0 radical (unpaired) electrons. The van der Waals surface area contributed by atoms with Crippen LogP contribution in [-0.4, -0.2) is 44.5 Å². The summed E-state index contributed by atoms with van der Waals surface area (Å²) in [6.45, 7) is 1.91. The monoisotopic (exact) mass is 494 g/mol. The third-order valence-electron chi connectivity index (χ3n) is 5.02. The molecule has 0 aliphatic carbocycles. The third kappa shape index (κ3) is 4.31. The first-order valence-electron chi connectivity index (χ1n) is 9.48. The maximum absolute atomic E-state index is 14.0. The molecular weight excluding hydrogens is 478 g/mol. The fraction of sp³-hybridized carbons (Fsp3) is 0.250. The molecule has 4 rings (SSSR count). The lowest BCUT2D eigenvalue weighted by Crippen LogP contribution is -2.39. The summed E-state index contributed by atoms with van der Waals surface area (Å²) in [5.41, 5.74) is -0.279. The number of nitrogens with zero attached hydrogens (tertiary/aromatic N) is 5. The Labute approximate surface area is 195 Å². The number of amides is 1. The highest BCUT2D eigenvalue weighted by atomic mass is 35.5. The first kappa shape index (κ1) is 22.8. The highest BCUT2D eigenvalue weighted by molar-refractivity contribution is 7.10. The smallest absolute Gasteiger partial charge is 0.316 e. The molecule has 0 spiro atoms. The number of carbonyl (C=O) groups is 1. The molecule has 9 nitrogen and oxygen atoms in total. The van der Waals surface area contributed by atoms with Crippen LogP contribution >= 0.6 is 22.9 Å². The normalized spacial score (nSPS) is 13.0. The maximum Gasteiger partial charge on any atom is 0.316 e. The molecule has 1 atom stereocenters. The quantitative estimate of drug-likeness (QED) is 0.418. The molecule has 3 heterocycles. The lowest BCUT2D eigenvalue weighted by molar-refractivity contribution is 0.0903. The molecule has 0 saturated heterocycles. The molecule has 33 heavy (non-hydrogen) atoms. The van der Waals surface area contributed by atoms with Gasteiger partial charge in [0.1, 0.15) is 21.8 Å². The number of ether oxygens (including phenoxy) is 1. The van der Waals surface area contributed by atoms with Crippen molar-refractivity contribution in [1.29, 1.82) is 0 Å². The van der Waals surface area contributed by atoms with Crippen LogP contribution in [0.1, 0.15) is 28.2 Å². The van der Waals surface area contributed by atoms with Crippen molar-refractivity contribution in [3.63, 3.8) is 0 Å². The molecule has 0 saturated carbocycles. The van der Waals surface area contributed by atoms with Crippen LogP contribution in [0.2, 0.25) is 5.15 Å². The molecule has 172 valence electrons. The van der Waals surface area contributed by atoms with Gasteiger partial charge in [-0.05, 0) is 19.1 Å². The molecule has 1 aromatic carbocycles. The Morgan fingerprint density at radius 2 is 2.15 bits per heavy atom. The molecule has 3 aromatic heterocycles. The molecule has 13 heteroatoms. The van der Waals surface area contributed by atoms with E-state index in [2.05, 4.69) is 25.5 Å². The lowest BCUT2D eigenvalue weighted by atomic mass is 9.84. The third-order valence-corrected chi connectivity index (χ3v) is 6.44. The van der Waals surface area contributed by atoms with E-state index in [1.54, 1.807) is 23.3 Å². The summed E-state index contributed by atoms with van der Waals surface area (Å²) in [5, 5.41) is 13.2. The first-order chi connectivity index (χ1) is 15.7. The minimum absolute atomic E-state index is 0.0559. The largest absolute Gasteiger partial charge is 0.481 e. The van der Waals surface area contributed by atoms with Gasteiger partial charge in [-0.3, -0.25) is 4.79 Å². The van der Waals surface area contributed by atoms with Gasteiger partial charge in [-0.2, -0.15) is 10.1 Å². The summed E-state index contributed by atoms with van der Waals surface area (Å²) in [6, 6.07) is 2.91. The predicted molar refractivity (Wildman–Crippen MR) is 115 cm³/mol. The van der Waals surface area contributed by atoms with Crippen LogP contribution in [-0.2, 0) is 12.5 Å². The molecule has 1 amide bonds. The van der Waals surface area contributed by atoms with Crippen LogP contribution in [0.15, 0.2) is 34.3 Å². The second-order valence-electron chi connectivity index (χ2n) is 7.23. The van der Waals surface area contributed by atoms with Gasteiger partial charge in [-0.25, -0.2) is 18.4 Å². The summed E-state index contributed by atoms with van der Waals surface area (Å²) in [4.78, 5) is 21.0. The van der Waals surface area contributed by atoms with Crippen LogP contribution in [0.25, 0.3) is 11.4 Å². The molecule has 1 unspecified atom stereocenters. The van der Waals surface area contributed by atoms with Gasteiger partial charge in [0.05, 0.1) is 24.3 Å². The standard InChI is InChI=1S/C20H17ClF2N6O3S/c1-20(19-26-14(21)8-33-19,12-7-25-29(2)18(12)31-3)9-24-16(30)17-27-15(28-32-17)11-5-4-10(22)6-13(11)23/h4-8H,9H2,1-3H3,(H,24,30). The van der Waals surface area contributed by atoms with Gasteiger partial charge in [-0.15, -0.1) is 11.3 Å². The lowest BCUT2D eigenvalue weighted by Gasteiger charge is -2.27. The van der Waals surface area contributed by atoms with Gasteiger partial charge in [0, 0.05) is 30.6 Å². The highest BCUT2D eigenvalue weighted by Gasteiger charge is 2.38. The second-order valence-corrected chi connectivity index (χ2v) is 8.47. The van der Waals surface area contributed by atoms with Gasteiger partial charge in [0.2, 0.25) is 11.7 Å². The zero-order valence-corrected chi connectivity index (χ0v) is 19.2. The minimum atomic E-state index is -0.875. The van der Waals surface area contributed by atoms with Crippen LogP contribution in [0, 0.1) is 11.6 Å². The van der Waals surface area contributed by atoms with Crippen molar-refractivity contribution in [1.82, 2.24) is 30.2 Å². The van der Waals surface area contributed by atoms with Crippen molar-refractivity contribution in [2.24, 2.45) is 7.05 Å². The number of carbonyl (C=O) groups excluding carboxylic acids is 1. The minimum Gasteiger partial charge on any atom is -0.481 e. The van der Waals surface area contributed by atoms with Crippen molar-refractivity contribution in [3.8, 4) is 17.3 Å². The number of aromatic nitrogens is 5. The topological polar surface area (TPSA) is 108 Å². The average Bonchev–Trinajstić information content (AvgIpc) is 3.52. The van der Waals surface area contributed by atoms with E-state index in [1.807, 2.05) is 6.92 Å². The van der Waals surface area contributed by atoms with Gasteiger partial charge < -0.3 is 14.6 Å². The number of benzene rings is 1. The molecule has 0 aliphatic rings. The van der Waals surface area contributed by atoms with E-state index >= 15 is 0 Å². The molecule has 0 bridgehead atoms. The van der Waals surface area contributed by atoms with E-state index < -0.39 is 23.0 Å². The summed E-state index contributed by atoms with van der Waals surface area (Å²) in [7, 11) is 3.24. The van der Waals surface area contributed by atoms with Gasteiger partial charge in [0.25, 0.3) is 0 Å². The summed E-state index contributed by atoms with van der Waals surface area (Å²) >= 11 is 7.37. The summed E-state index contributed by atoms with van der Waals surface area (Å²) in [5.74, 6) is -2.38. The van der Waals surface area contributed by atoms with Crippen LogP contribution < -0.4 is 10.1 Å². The zero-order valence-electron chi connectivity index (χ0n) is 17.6. The van der Waals surface area contributed by atoms with Crippen LogP contribution in [0.3, 0.4) is 0 Å². The molecule has 0 fully saturated rings. The zero-order chi connectivity index (χ0) is 23.8. The number of aryl methyl sites for hydroxylation is 1. The Balaban J connectivity index is 1.60. The van der Waals surface area contributed by atoms with Crippen molar-refractivity contribution >= 4 is 28.8 Å². The predicted octanol–water partition coefficient (Wildman–Crippen LogP) is 3.60. The van der Waals surface area contributed by atoms with Crippen molar-refractivity contribution < 1.29 is 22.8 Å². The Kier molecular flexibility index (Phi) is 6.13. The number of hydrogen-bond donors (Lipinski definition) is 1. The van der Waals surface area contributed by atoms with Gasteiger partial charge in [0.15, 0.2) is 0 Å². The average molecular weight is 495 g/mol. The fourth-order valence-electron chi connectivity index (χ4n) is 3.27. The maximum atomic E-state index is 14.0. The van der Waals surface area contributed by atoms with E-state index in [4.69, 9.17) is 20.9 Å². The Morgan fingerprint density at radius 1 is 1.36 bits per heavy atom. The van der Waals surface area contributed by atoms with Gasteiger partial charge >= 0.3 is 11.8 Å². The fourth-order valence-corrected chi connectivity index (χ4v) is 4.39. The summed E-state index contributed by atoms with van der Waals surface area (Å²) in [6.07, 6.45) is 1.63. The second kappa shape index (κ2) is 8.87. The van der Waals surface area contributed by atoms with Crippen molar-refractivity contribution in [2.45, 2.75) is 12.3 Å². The molecule has 1 N–H and O–H groups in total. The number of halogens is 3. The van der Waals surface area contributed by atoms with Crippen molar-refractivity contribution in [2.75, 3.05) is 13.7 Å². The number of hydrogen-bond acceptors (Lipinski definition) is 8. The van der Waals surface area contributed by atoms with Crippen molar-refractivity contribution in [3.05, 3.63) is 63.0 Å². The SMILES string of the molecule is COc1c(C(C)(CNC(=O)c2nc(-c3ccc(F)cc3F)no2)c2nc(Cl)cs2)cnn1C. The van der Waals surface area contributed by atoms with E-state index in [0.717, 1.165) is 12.1 Å². The van der Waals surface area contributed by atoms with Crippen LogP contribution in [0.5, 0.6) is 5.88 Å². The molecular formula is C20H17ClF2N6O3S. The van der Waals surface area contributed by atoms with Crippen LogP contribution in [0.4, 0.5) is 8.78 Å². The first-order valence-corrected chi connectivity index (χ1v) is 10.7. The Bertz CT molecular complexity index is 1320. The molecule has 4 aromatic rings.